The van der Waals surface area contributed by atoms with Gasteiger partial charge in [0.1, 0.15) is 0 Å². The maximum Gasteiger partial charge on any atom is 0.332 e. The van der Waals surface area contributed by atoms with Gasteiger partial charge >= 0.3 is 5.69 Å². The molecule has 0 unspecified atom stereocenters. The Morgan fingerprint density at radius 3 is 2.48 bits per heavy atom. The zero-order valence-electron chi connectivity index (χ0n) is 17.3. The van der Waals surface area contributed by atoms with Crippen molar-refractivity contribution in [1.82, 2.24) is 23.7 Å². The van der Waals surface area contributed by atoms with E-state index in [1.807, 2.05) is 12.3 Å². The lowest BCUT2D eigenvalue weighted by Gasteiger charge is -2.14. The van der Waals surface area contributed by atoms with Crippen molar-refractivity contribution >= 4 is 45.3 Å². The predicted molar refractivity (Wildman–Crippen MR) is 116 cm³/mol. The van der Waals surface area contributed by atoms with Crippen molar-refractivity contribution in [2.24, 2.45) is 14.1 Å². The molecule has 3 aromatic rings. The summed E-state index contributed by atoms with van der Waals surface area (Å²) in [5.74, 6) is -0.0940. The predicted octanol–water partition coefficient (Wildman–Crippen LogP) is 1.94. The number of carbonyl (C=O) groups is 1. The normalized spacial score (nSPS) is 11.9. The van der Waals surface area contributed by atoms with Crippen molar-refractivity contribution in [3.05, 3.63) is 31.9 Å². The van der Waals surface area contributed by atoms with Crippen molar-refractivity contribution in [2.45, 2.75) is 44.8 Å². The fourth-order valence-corrected chi connectivity index (χ4v) is 4.60. The number of thioether (sulfide) groups is 1. The van der Waals surface area contributed by atoms with E-state index in [1.165, 1.54) is 34.7 Å². The molecule has 29 heavy (non-hydrogen) atoms. The number of anilines is 1. The Balaban J connectivity index is 1.82. The number of imidazole rings is 1. The smallest absolute Gasteiger partial charge is 0.313 e. The van der Waals surface area contributed by atoms with Crippen molar-refractivity contribution in [3.8, 4) is 0 Å². The zero-order valence-corrected chi connectivity index (χ0v) is 18.9. The number of aryl methyl sites for hydroxylation is 2. The second-order valence-electron chi connectivity index (χ2n) is 7.64. The number of hydrogen-bond donors (Lipinski definition) is 1. The van der Waals surface area contributed by atoms with Gasteiger partial charge in [-0.1, -0.05) is 32.5 Å². The molecule has 0 saturated carbocycles. The summed E-state index contributed by atoms with van der Waals surface area (Å²) in [5, 5.41) is 5.82. The molecule has 3 heterocycles. The van der Waals surface area contributed by atoms with Gasteiger partial charge in [-0.3, -0.25) is 18.7 Å². The van der Waals surface area contributed by atoms with Gasteiger partial charge in [0.2, 0.25) is 5.91 Å². The average Bonchev–Trinajstić information content (AvgIpc) is 3.27. The molecule has 0 fully saturated rings. The highest BCUT2D eigenvalue weighted by Crippen LogP contribution is 2.27. The summed E-state index contributed by atoms with van der Waals surface area (Å²) in [6.07, 6.45) is 0. The number of hydrogen-bond acceptors (Lipinski definition) is 7. The Morgan fingerprint density at radius 2 is 1.90 bits per heavy atom. The van der Waals surface area contributed by atoms with E-state index in [1.54, 1.807) is 11.6 Å². The largest absolute Gasteiger partial charge is 0.332 e. The molecule has 0 radical (unpaired) electrons. The van der Waals surface area contributed by atoms with Gasteiger partial charge in [0.25, 0.3) is 5.56 Å². The van der Waals surface area contributed by atoms with Gasteiger partial charge in [-0.05, 0) is 6.92 Å². The number of aromatic nitrogens is 5. The molecule has 3 rings (SSSR count). The first-order valence-electron chi connectivity index (χ1n) is 9.09. The van der Waals surface area contributed by atoms with Crippen LogP contribution in [0.25, 0.3) is 11.2 Å². The number of amides is 1. The average molecular weight is 437 g/mol. The molecule has 1 N–H and O–H groups in total. The Labute approximate surface area is 175 Å². The van der Waals surface area contributed by atoms with Crippen LogP contribution >= 0.6 is 23.1 Å². The molecule has 1 amide bonds. The minimum absolute atomic E-state index is 0.0810. The topological polar surface area (TPSA) is 104 Å². The molecular formula is C18H24N6O3S2. The van der Waals surface area contributed by atoms with Gasteiger partial charge in [0.05, 0.1) is 11.4 Å². The lowest BCUT2D eigenvalue weighted by Crippen LogP contribution is -2.37. The second-order valence-corrected chi connectivity index (χ2v) is 9.44. The standard InChI is InChI=1S/C18H24N6O3S2/c1-7-24-12-13(22(5)17(27)23(6)14(12)26)21-16(24)29-9-11(25)20-15-19-10(8-28-15)18(2,3)4/h8H,7,9H2,1-6H3,(H,19,20,25). The fraction of sp³-hybridized carbons (Fsp3) is 0.500. The quantitative estimate of drug-likeness (QED) is 0.613. The van der Waals surface area contributed by atoms with Gasteiger partial charge in [-0.25, -0.2) is 14.8 Å². The highest BCUT2D eigenvalue weighted by atomic mass is 32.2. The monoisotopic (exact) mass is 436 g/mol. The van der Waals surface area contributed by atoms with E-state index in [9.17, 15) is 14.4 Å². The van der Waals surface area contributed by atoms with E-state index in [-0.39, 0.29) is 17.1 Å². The van der Waals surface area contributed by atoms with Gasteiger partial charge < -0.3 is 9.88 Å². The Hall–Kier alpha value is -2.40. The molecule has 0 bridgehead atoms. The molecule has 9 nitrogen and oxygen atoms in total. The van der Waals surface area contributed by atoms with Crippen LogP contribution in [0.15, 0.2) is 20.1 Å². The van der Waals surface area contributed by atoms with E-state index in [0.717, 1.165) is 10.3 Å². The number of nitrogens with zero attached hydrogens (tertiary/aromatic N) is 5. The van der Waals surface area contributed by atoms with Crippen molar-refractivity contribution in [1.29, 1.82) is 0 Å². The first kappa shape index (κ1) is 21.3. The van der Waals surface area contributed by atoms with Crippen LogP contribution in [-0.4, -0.2) is 35.3 Å². The lowest BCUT2D eigenvalue weighted by molar-refractivity contribution is -0.113. The number of carbonyl (C=O) groups excluding carboxylic acids is 1. The maximum absolute atomic E-state index is 12.6. The highest BCUT2D eigenvalue weighted by molar-refractivity contribution is 7.99. The Kier molecular flexibility index (Phi) is 5.72. The minimum atomic E-state index is -0.434. The fourth-order valence-electron chi connectivity index (χ4n) is 2.79. The molecule has 156 valence electrons. The van der Waals surface area contributed by atoms with Crippen molar-refractivity contribution in [3.63, 3.8) is 0 Å². The lowest BCUT2D eigenvalue weighted by atomic mass is 9.93. The van der Waals surface area contributed by atoms with E-state index < -0.39 is 11.2 Å². The molecular weight excluding hydrogens is 412 g/mol. The molecule has 0 aliphatic carbocycles. The summed E-state index contributed by atoms with van der Waals surface area (Å²) < 4.78 is 4.14. The summed E-state index contributed by atoms with van der Waals surface area (Å²) >= 11 is 2.61. The molecule has 0 aromatic carbocycles. The SMILES string of the molecule is CCn1c(SCC(=O)Nc2nc(C(C)(C)C)cs2)nc2c1c(=O)n(C)c(=O)n2C. The number of thiazole rings is 1. The third kappa shape index (κ3) is 4.01. The summed E-state index contributed by atoms with van der Waals surface area (Å²) in [4.78, 5) is 46.0. The van der Waals surface area contributed by atoms with Crippen LogP contribution in [0.4, 0.5) is 5.13 Å². The van der Waals surface area contributed by atoms with Gasteiger partial charge in [0.15, 0.2) is 21.5 Å². The highest BCUT2D eigenvalue weighted by Gasteiger charge is 2.20. The molecule has 0 spiro atoms. The Morgan fingerprint density at radius 1 is 1.21 bits per heavy atom. The van der Waals surface area contributed by atoms with Crippen LogP contribution in [0, 0.1) is 0 Å². The van der Waals surface area contributed by atoms with Crippen LogP contribution in [0.2, 0.25) is 0 Å². The van der Waals surface area contributed by atoms with Gasteiger partial charge in [-0.15, -0.1) is 11.3 Å². The zero-order chi connectivity index (χ0) is 21.5. The van der Waals surface area contributed by atoms with Crippen LogP contribution < -0.4 is 16.6 Å². The minimum Gasteiger partial charge on any atom is -0.313 e. The van der Waals surface area contributed by atoms with Crippen LogP contribution in [-0.2, 0) is 30.8 Å². The van der Waals surface area contributed by atoms with E-state index in [2.05, 4.69) is 36.1 Å². The first-order valence-corrected chi connectivity index (χ1v) is 11.0. The van der Waals surface area contributed by atoms with Crippen LogP contribution in [0.5, 0.6) is 0 Å². The van der Waals surface area contributed by atoms with E-state index >= 15 is 0 Å². The van der Waals surface area contributed by atoms with E-state index in [4.69, 9.17) is 0 Å². The summed E-state index contributed by atoms with van der Waals surface area (Å²) in [6.45, 7) is 8.58. The second kappa shape index (κ2) is 7.79. The molecule has 0 atom stereocenters. The third-order valence-corrected chi connectivity index (χ3v) is 6.21. The molecule has 0 aliphatic heterocycles. The number of rotatable bonds is 5. The number of nitrogens with one attached hydrogen (secondary N) is 1. The van der Waals surface area contributed by atoms with Crippen molar-refractivity contribution in [2.75, 3.05) is 11.1 Å². The maximum atomic E-state index is 12.6. The van der Waals surface area contributed by atoms with E-state index in [0.29, 0.717) is 28.0 Å². The summed E-state index contributed by atoms with van der Waals surface area (Å²) in [7, 11) is 3.02. The summed E-state index contributed by atoms with van der Waals surface area (Å²) in [6, 6.07) is 0. The summed E-state index contributed by atoms with van der Waals surface area (Å²) in [5.41, 5.74) is 0.687. The first-order chi connectivity index (χ1) is 13.5. The molecule has 11 heteroatoms. The van der Waals surface area contributed by atoms with Crippen LogP contribution in [0.3, 0.4) is 0 Å². The Bertz CT molecular complexity index is 1200. The van der Waals surface area contributed by atoms with Crippen molar-refractivity contribution < 1.29 is 4.79 Å². The van der Waals surface area contributed by atoms with Gasteiger partial charge in [0, 0.05) is 31.4 Å². The van der Waals surface area contributed by atoms with Gasteiger partial charge in [-0.2, -0.15) is 0 Å². The molecule has 3 aromatic heterocycles. The third-order valence-electron chi connectivity index (χ3n) is 4.48. The van der Waals surface area contributed by atoms with Crippen LogP contribution in [0.1, 0.15) is 33.4 Å². The molecule has 0 saturated heterocycles. The molecule has 0 aliphatic rings. The number of fused-ring (bicyclic) bond motifs is 1.